The normalized spacial score (nSPS) is 14.0. The summed E-state index contributed by atoms with van der Waals surface area (Å²) in [4.78, 5) is 40.5. The number of nitrogens with one attached hydrogen (secondary N) is 2. The Morgan fingerprint density at radius 2 is 1.76 bits per heavy atom. The third-order valence-corrected chi connectivity index (χ3v) is 5.15. The molecular formula is C25H41N3O6. The van der Waals surface area contributed by atoms with Gasteiger partial charge in [0.2, 0.25) is 11.8 Å². The van der Waals surface area contributed by atoms with E-state index in [0.29, 0.717) is 12.0 Å². The number of phenols is 1. The van der Waals surface area contributed by atoms with E-state index in [-0.39, 0.29) is 23.9 Å². The molecule has 9 heteroatoms. The van der Waals surface area contributed by atoms with E-state index < -0.39 is 42.2 Å². The molecule has 0 saturated carbocycles. The van der Waals surface area contributed by atoms with Gasteiger partial charge in [-0.3, -0.25) is 9.59 Å². The number of aryl methyl sites for hydroxylation is 1. The molecule has 0 aromatic heterocycles. The maximum absolute atomic E-state index is 13.5. The third-order valence-electron chi connectivity index (χ3n) is 5.15. The van der Waals surface area contributed by atoms with E-state index in [4.69, 9.17) is 4.74 Å². The molecule has 0 heterocycles. The maximum Gasteiger partial charge on any atom is 0.408 e. The van der Waals surface area contributed by atoms with E-state index in [9.17, 15) is 24.6 Å². The van der Waals surface area contributed by atoms with Gasteiger partial charge < -0.3 is 30.5 Å². The highest BCUT2D eigenvalue weighted by atomic mass is 16.6. The number of ether oxygens (including phenoxy) is 1. The molecular weight excluding hydrogens is 438 g/mol. The van der Waals surface area contributed by atoms with Crippen molar-refractivity contribution in [3.8, 4) is 5.75 Å². The van der Waals surface area contributed by atoms with Gasteiger partial charge in [0.25, 0.3) is 0 Å². The monoisotopic (exact) mass is 479 g/mol. The first-order chi connectivity index (χ1) is 15.9. The summed E-state index contributed by atoms with van der Waals surface area (Å²) in [5, 5.41) is 26.0. The van der Waals surface area contributed by atoms with Gasteiger partial charge in [0, 0.05) is 18.2 Å². The molecule has 3 unspecified atom stereocenters. The number of hydrogen-bond donors (Lipinski definition) is 4. The molecule has 3 atom stereocenters. The minimum absolute atomic E-state index is 0.0830. The Bertz CT molecular complexity index is 836. The molecule has 0 bridgehead atoms. The molecule has 0 aliphatic rings. The Morgan fingerprint density at radius 1 is 1.12 bits per heavy atom. The number of nitrogens with zero attached hydrogens (tertiary/aromatic N) is 1. The van der Waals surface area contributed by atoms with E-state index in [1.807, 2.05) is 20.8 Å². The molecule has 1 aromatic carbocycles. The summed E-state index contributed by atoms with van der Waals surface area (Å²) in [6.45, 7) is 12.0. The maximum atomic E-state index is 13.5. The number of aliphatic hydroxyl groups excluding tert-OH is 1. The van der Waals surface area contributed by atoms with Crippen LogP contribution in [0, 0.1) is 6.92 Å². The van der Waals surface area contributed by atoms with Crippen LogP contribution >= 0.6 is 0 Å². The van der Waals surface area contributed by atoms with Crippen LogP contribution in [0.3, 0.4) is 0 Å². The molecule has 9 nitrogen and oxygen atoms in total. The van der Waals surface area contributed by atoms with E-state index in [1.165, 1.54) is 4.90 Å². The average Bonchev–Trinajstić information content (AvgIpc) is 2.72. The van der Waals surface area contributed by atoms with Crippen molar-refractivity contribution < 1.29 is 29.3 Å². The van der Waals surface area contributed by atoms with Crippen LogP contribution in [0.5, 0.6) is 5.75 Å². The van der Waals surface area contributed by atoms with Crippen molar-refractivity contribution in [2.75, 3.05) is 13.2 Å². The van der Waals surface area contributed by atoms with Gasteiger partial charge >= 0.3 is 6.09 Å². The molecule has 1 aromatic rings. The summed E-state index contributed by atoms with van der Waals surface area (Å²) in [5.41, 5.74) is 0.0462. The first-order valence-corrected chi connectivity index (χ1v) is 11.9. The second-order valence-electron chi connectivity index (χ2n) is 9.53. The Morgan fingerprint density at radius 3 is 2.29 bits per heavy atom. The molecule has 34 heavy (non-hydrogen) atoms. The third kappa shape index (κ3) is 8.52. The number of benzene rings is 1. The molecule has 0 spiro atoms. The highest BCUT2D eigenvalue weighted by Gasteiger charge is 2.37. The van der Waals surface area contributed by atoms with Crippen molar-refractivity contribution in [1.82, 2.24) is 15.5 Å². The van der Waals surface area contributed by atoms with Crippen LogP contribution in [0.15, 0.2) is 18.2 Å². The first-order valence-electron chi connectivity index (χ1n) is 11.9. The van der Waals surface area contributed by atoms with Crippen LogP contribution in [-0.4, -0.2) is 63.9 Å². The van der Waals surface area contributed by atoms with Crippen molar-refractivity contribution in [3.05, 3.63) is 29.3 Å². The van der Waals surface area contributed by atoms with Crippen molar-refractivity contribution >= 4 is 17.9 Å². The van der Waals surface area contributed by atoms with Crippen molar-refractivity contribution in [3.63, 3.8) is 0 Å². The second-order valence-corrected chi connectivity index (χ2v) is 9.53. The molecule has 0 aliphatic heterocycles. The molecule has 4 N–H and O–H groups in total. The summed E-state index contributed by atoms with van der Waals surface area (Å²) in [6.07, 6.45) is 1.27. The van der Waals surface area contributed by atoms with Crippen LogP contribution in [0.25, 0.3) is 0 Å². The first kappa shape index (κ1) is 29.2. The quantitative estimate of drug-likeness (QED) is 0.386. The summed E-state index contributed by atoms with van der Waals surface area (Å²) in [5.74, 6) is -1.18. The SMILES string of the molecule is CCCC(C)NC(=O)C(c1cccc(C)c1O)N(CCC)C(=O)C(CO)NC(=O)OC(C)(C)C. The Hall–Kier alpha value is -2.81. The lowest BCUT2D eigenvalue weighted by Gasteiger charge is -2.35. The zero-order valence-corrected chi connectivity index (χ0v) is 21.5. The summed E-state index contributed by atoms with van der Waals surface area (Å²) >= 11 is 0. The zero-order chi connectivity index (χ0) is 26.1. The van der Waals surface area contributed by atoms with Gasteiger partial charge in [-0.2, -0.15) is 0 Å². The minimum Gasteiger partial charge on any atom is -0.507 e. The molecule has 192 valence electrons. The number of carbonyl (C=O) groups excluding carboxylic acids is 3. The van der Waals surface area contributed by atoms with Crippen LogP contribution in [0.2, 0.25) is 0 Å². The fourth-order valence-corrected chi connectivity index (χ4v) is 3.62. The number of amides is 3. The summed E-state index contributed by atoms with van der Waals surface area (Å²) in [7, 11) is 0. The molecule has 0 radical (unpaired) electrons. The van der Waals surface area contributed by atoms with Crippen molar-refractivity contribution in [2.45, 2.75) is 91.5 Å². The van der Waals surface area contributed by atoms with Crippen LogP contribution in [0.4, 0.5) is 4.79 Å². The highest BCUT2D eigenvalue weighted by Crippen LogP contribution is 2.32. The molecule has 1 rings (SSSR count). The molecule has 0 fully saturated rings. The Labute approximate surface area is 202 Å². The van der Waals surface area contributed by atoms with Crippen LogP contribution in [0.1, 0.15) is 78.0 Å². The minimum atomic E-state index is -1.32. The van der Waals surface area contributed by atoms with Gasteiger partial charge in [0.05, 0.1) is 6.61 Å². The lowest BCUT2D eigenvalue weighted by molar-refractivity contribution is -0.143. The molecule has 0 aliphatic carbocycles. The number of aromatic hydroxyl groups is 1. The lowest BCUT2D eigenvalue weighted by Crippen LogP contribution is -2.55. The van der Waals surface area contributed by atoms with E-state index >= 15 is 0 Å². The predicted molar refractivity (Wildman–Crippen MR) is 130 cm³/mol. The number of hydrogen-bond acceptors (Lipinski definition) is 6. The fraction of sp³-hybridized carbons (Fsp3) is 0.640. The van der Waals surface area contributed by atoms with Gasteiger partial charge in [-0.15, -0.1) is 0 Å². The smallest absolute Gasteiger partial charge is 0.408 e. The number of alkyl carbamates (subject to hydrolysis) is 1. The second kappa shape index (κ2) is 13.2. The number of para-hydroxylation sites is 1. The fourth-order valence-electron chi connectivity index (χ4n) is 3.62. The van der Waals surface area contributed by atoms with Crippen molar-refractivity contribution in [1.29, 1.82) is 0 Å². The number of carbonyl (C=O) groups is 3. The zero-order valence-electron chi connectivity index (χ0n) is 21.5. The van der Waals surface area contributed by atoms with Crippen molar-refractivity contribution in [2.24, 2.45) is 0 Å². The summed E-state index contributed by atoms with van der Waals surface area (Å²) in [6, 6.07) is 2.40. The van der Waals surface area contributed by atoms with E-state index in [0.717, 1.165) is 12.8 Å². The van der Waals surface area contributed by atoms with Crippen LogP contribution in [-0.2, 0) is 14.3 Å². The Kier molecular flexibility index (Phi) is 11.3. The number of rotatable bonds is 11. The molecule has 0 saturated heterocycles. The number of phenolic OH excluding ortho intramolecular Hbond substituents is 1. The largest absolute Gasteiger partial charge is 0.507 e. The Balaban J connectivity index is 3.41. The topological polar surface area (TPSA) is 128 Å². The van der Waals surface area contributed by atoms with E-state index in [2.05, 4.69) is 10.6 Å². The van der Waals surface area contributed by atoms with Gasteiger partial charge in [0.1, 0.15) is 23.4 Å². The lowest BCUT2D eigenvalue weighted by atomic mass is 9.98. The van der Waals surface area contributed by atoms with Crippen LogP contribution < -0.4 is 10.6 Å². The van der Waals surface area contributed by atoms with E-state index in [1.54, 1.807) is 45.9 Å². The van der Waals surface area contributed by atoms with Gasteiger partial charge in [-0.05, 0) is 53.0 Å². The van der Waals surface area contributed by atoms with Gasteiger partial charge in [0.15, 0.2) is 0 Å². The average molecular weight is 480 g/mol. The van der Waals surface area contributed by atoms with Gasteiger partial charge in [-0.25, -0.2) is 4.79 Å². The predicted octanol–water partition coefficient (Wildman–Crippen LogP) is 3.17. The number of aliphatic hydroxyl groups is 1. The van der Waals surface area contributed by atoms with Gasteiger partial charge in [-0.1, -0.05) is 38.5 Å². The standard InChI is InChI=1S/C25H41N3O6/c1-8-11-17(4)26-22(31)20(18-13-10-12-16(3)21(18)30)28(14-9-2)23(32)19(15-29)27-24(33)34-25(5,6)7/h10,12-13,17,19-20,29-30H,8-9,11,14-15H2,1-7H3,(H,26,31)(H,27,33). The molecule has 3 amide bonds. The highest BCUT2D eigenvalue weighted by molar-refractivity contribution is 5.92. The summed E-state index contributed by atoms with van der Waals surface area (Å²) < 4.78 is 5.22.